The smallest absolute Gasteiger partial charge is 0.248 e. The molecule has 2 aliphatic rings. The summed E-state index contributed by atoms with van der Waals surface area (Å²) in [5.74, 6) is -0.138. The summed E-state index contributed by atoms with van der Waals surface area (Å²) in [7, 11) is 0. The molecule has 0 spiro atoms. The van der Waals surface area contributed by atoms with Crippen molar-refractivity contribution in [1.82, 2.24) is 4.90 Å². The number of ether oxygens (including phenoxy) is 2. The van der Waals surface area contributed by atoms with Gasteiger partial charge in [-0.15, -0.1) is 0 Å². The maximum atomic E-state index is 12.5. The third-order valence-corrected chi connectivity index (χ3v) is 6.75. The van der Waals surface area contributed by atoms with Gasteiger partial charge in [0.15, 0.2) is 6.29 Å². The van der Waals surface area contributed by atoms with E-state index in [1.807, 2.05) is 60.7 Å². The summed E-state index contributed by atoms with van der Waals surface area (Å²) in [4.78, 5) is 14.2. The lowest BCUT2D eigenvalue weighted by Crippen LogP contribution is -2.48. The van der Waals surface area contributed by atoms with Crippen LogP contribution in [0.2, 0.25) is 0 Å². The minimum Gasteiger partial charge on any atom is -0.380 e. The Bertz CT molecular complexity index is 855. The van der Waals surface area contributed by atoms with Crippen LogP contribution < -0.4 is 0 Å². The first kappa shape index (κ1) is 22.9. The number of aliphatic hydroxyl groups is 2. The van der Waals surface area contributed by atoms with Crippen molar-refractivity contribution >= 4 is 5.91 Å². The average molecular weight is 440 g/mol. The molecule has 172 valence electrons. The summed E-state index contributed by atoms with van der Waals surface area (Å²) in [5.41, 5.74) is 0.256. The van der Waals surface area contributed by atoms with Gasteiger partial charge in [-0.05, 0) is 36.3 Å². The van der Waals surface area contributed by atoms with Crippen molar-refractivity contribution in [3.63, 3.8) is 0 Å². The molecule has 2 fully saturated rings. The van der Waals surface area contributed by atoms with Gasteiger partial charge in [0.2, 0.25) is 5.91 Å². The molecule has 6 heteroatoms. The molecule has 32 heavy (non-hydrogen) atoms. The van der Waals surface area contributed by atoms with Crippen LogP contribution in [0.4, 0.5) is 0 Å². The Morgan fingerprint density at radius 2 is 1.69 bits per heavy atom. The van der Waals surface area contributed by atoms with Gasteiger partial charge in [-0.25, -0.2) is 0 Å². The molecule has 0 bridgehead atoms. The van der Waals surface area contributed by atoms with Crippen molar-refractivity contribution in [2.75, 3.05) is 19.7 Å². The highest BCUT2D eigenvalue weighted by atomic mass is 16.6. The molecule has 4 rings (SSSR count). The number of rotatable bonds is 9. The Kier molecular flexibility index (Phi) is 7.58. The van der Waals surface area contributed by atoms with E-state index in [0.29, 0.717) is 31.7 Å². The minimum atomic E-state index is -1.45. The van der Waals surface area contributed by atoms with E-state index in [-0.39, 0.29) is 24.5 Å². The lowest BCUT2D eigenvalue weighted by molar-refractivity contribution is -0.254. The lowest BCUT2D eigenvalue weighted by Gasteiger charge is -2.39. The maximum absolute atomic E-state index is 12.5. The molecule has 1 saturated heterocycles. The Hall–Kier alpha value is -2.25. The Morgan fingerprint density at radius 1 is 1.03 bits per heavy atom. The fourth-order valence-corrected chi connectivity index (χ4v) is 4.92. The fourth-order valence-electron chi connectivity index (χ4n) is 4.92. The van der Waals surface area contributed by atoms with Gasteiger partial charge in [0.25, 0.3) is 0 Å². The van der Waals surface area contributed by atoms with Crippen LogP contribution in [0.3, 0.4) is 0 Å². The summed E-state index contributed by atoms with van der Waals surface area (Å²) in [6.45, 7) is 1.35. The summed E-state index contributed by atoms with van der Waals surface area (Å²) in [6, 6.07) is 19.1. The Morgan fingerprint density at radius 3 is 2.38 bits per heavy atom. The van der Waals surface area contributed by atoms with Gasteiger partial charge in [-0.1, -0.05) is 73.5 Å². The molecular weight excluding hydrogens is 406 g/mol. The molecule has 0 aromatic heterocycles. The zero-order valence-corrected chi connectivity index (χ0v) is 18.4. The molecular formula is C26H33NO5. The maximum Gasteiger partial charge on any atom is 0.248 e. The third kappa shape index (κ3) is 5.21. The standard InChI is InChI=1S/C26H33NO5/c28-24(19-31-18-20-9-3-1-4-10-20)27-16-15-23(17-27)32-25(29)26(30,22-13-7-8-14-22)21-11-5-2-6-12-21/h1-6,9-12,22-23,25,29-30H,7-8,13-19H2/t23-,25?,26?/m0/s1. The van der Waals surface area contributed by atoms with Crippen LogP contribution >= 0.6 is 0 Å². The summed E-state index contributed by atoms with van der Waals surface area (Å²) < 4.78 is 11.5. The molecule has 1 amide bonds. The van der Waals surface area contributed by atoms with Crippen LogP contribution in [0.25, 0.3) is 0 Å². The predicted molar refractivity (Wildman–Crippen MR) is 120 cm³/mol. The van der Waals surface area contributed by atoms with E-state index >= 15 is 0 Å². The van der Waals surface area contributed by atoms with Crippen LogP contribution in [0.1, 0.15) is 43.2 Å². The number of amides is 1. The molecule has 2 unspecified atom stereocenters. The summed E-state index contributed by atoms with van der Waals surface area (Å²) >= 11 is 0. The van der Waals surface area contributed by atoms with Crippen molar-refractivity contribution in [2.45, 2.75) is 56.7 Å². The highest BCUT2D eigenvalue weighted by Gasteiger charge is 2.47. The number of hydrogen-bond acceptors (Lipinski definition) is 5. The molecule has 1 aliphatic heterocycles. The van der Waals surface area contributed by atoms with Gasteiger partial charge in [0, 0.05) is 13.1 Å². The molecule has 2 aromatic rings. The largest absolute Gasteiger partial charge is 0.380 e. The second kappa shape index (κ2) is 10.6. The second-order valence-electron chi connectivity index (χ2n) is 8.89. The van der Waals surface area contributed by atoms with E-state index in [1.165, 1.54) is 0 Å². The van der Waals surface area contributed by atoms with E-state index in [0.717, 1.165) is 31.2 Å². The molecule has 3 atom stereocenters. The Balaban J connectivity index is 1.32. The molecule has 1 aliphatic carbocycles. The van der Waals surface area contributed by atoms with Crippen LogP contribution in [-0.2, 0) is 26.5 Å². The van der Waals surface area contributed by atoms with Crippen molar-refractivity contribution in [2.24, 2.45) is 5.92 Å². The number of nitrogens with zero attached hydrogens (tertiary/aromatic N) is 1. The van der Waals surface area contributed by atoms with Crippen molar-refractivity contribution in [1.29, 1.82) is 0 Å². The molecule has 6 nitrogen and oxygen atoms in total. The first-order valence-corrected chi connectivity index (χ1v) is 11.6. The molecule has 0 radical (unpaired) electrons. The van der Waals surface area contributed by atoms with E-state index in [2.05, 4.69) is 0 Å². The quantitative estimate of drug-likeness (QED) is 0.587. The number of likely N-dealkylation sites (tertiary alicyclic amines) is 1. The lowest BCUT2D eigenvalue weighted by atomic mass is 9.79. The van der Waals surface area contributed by atoms with Gasteiger partial charge in [-0.3, -0.25) is 4.79 Å². The van der Waals surface area contributed by atoms with Crippen LogP contribution in [0.5, 0.6) is 0 Å². The number of benzene rings is 2. The Labute approximate surface area is 189 Å². The fraction of sp³-hybridized carbons (Fsp3) is 0.500. The van der Waals surface area contributed by atoms with Crippen molar-refractivity contribution < 1.29 is 24.5 Å². The number of aliphatic hydroxyl groups excluding tert-OH is 1. The van der Waals surface area contributed by atoms with Gasteiger partial charge < -0.3 is 24.6 Å². The van der Waals surface area contributed by atoms with Gasteiger partial charge in [0.1, 0.15) is 12.2 Å². The zero-order chi connectivity index (χ0) is 22.4. The normalized spacial score (nSPS) is 22.1. The average Bonchev–Trinajstić information content (AvgIpc) is 3.53. The first-order chi connectivity index (χ1) is 15.6. The van der Waals surface area contributed by atoms with E-state index in [1.54, 1.807) is 4.90 Å². The highest BCUT2D eigenvalue weighted by molar-refractivity contribution is 5.77. The van der Waals surface area contributed by atoms with Crippen molar-refractivity contribution in [3.8, 4) is 0 Å². The van der Waals surface area contributed by atoms with Crippen LogP contribution in [0.15, 0.2) is 60.7 Å². The van der Waals surface area contributed by atoms with E-state index < -0.39 is 11.9 Å². The summed E-state index contributed by atoms with van der Waals surface area (Å²) in [5, 5.41) is 22.7. The van der Waals surface area contributed by atoms with Gasteiger partial charge >= 0.3 is 0 Å². The number of carbonyl (C=O) groups is 1. The molecule has 1 saturated carbocycles. The molecule has 1 heterocycles. The third-order valence-electron chi connectivity index (χ3n) is 6.75. The topological polar surface area (TPSA) is 79.2 Å². The first-order valence-electron chi connectivity index (χ1n) is 11.6. The number of hydrogen-bond donors (Lipinski definition) is 2. The zero-order valence-electron chi connectivity index (χ0n) is 18.4. The van der Waals surface area contributed by atoms with Crippen LogP contribution in [0, 0.1) is 5.92 Å². The second-order valence-corrected chi connectivity index (χ2v) is 8.89. The van der Waals surface area contributed by atoms with E-state index in [4.69, 9.17) is 9.47 Å². The monoisotopic (exact) mass is 439 g/mol. The number of carbonyl (C=O) groups excluding carboxylic acids is 1. The van der Waals surface area contributed by atoms with E-state index in [9.17, 15) is 15.0 Å². The van der Waals surface area contributed by atoms with Gasteiger partial charge in [0.05, 0.1) is 12.7 Å². The minimum absolute atomic E-state index is 0.0141. The van der Waals surface area contributed by atoms with Gasteiger partial charge in [-0.2, -0.15) is 0 Å². The summed E-state index contributed by atoms with van der Waals surface area (Å²) in [6.07, 6.45) is 2.76. The SMILES string of the molecule is O=C(COCc1ccccc1)N1CC[C@H](OC(O)C(O)(c2ccccc2)C2CCCC2)C1. The molecule has 2 aromatic carbocycles. The highest BCUT2D eigenvalue weighted by Crippen LogP contribution is 2.43. The van der Waals surface area contributed by atoms with Crippen LogP contribution in [-0.4, -0.2) is 53.1 Å². The molecule has 2 N–H and O–H groups in total. The predicted octanol–water partition coefficient (Wildman–Crippen LogP) is 3.22. The van der Waals surface area contributed by atoms with Crippen molar-refractivity contribution in [3.05, 3.63) is 71.8 Å².